The molecule has 0 bridgehead atoms. The van der Waals surface area contributed by atoms with E-state index < -0.39 is 0 Å². The summed E-state index contributed by atoms with van der Waals surface area (Å²) < 4.78 is 11.4. The number of methoxy groups -OCH3 is 1. The third-order valence-electron chi connectivity index (χ3n) is 4.14. The molecule has 1 heterocycles. The molecule has 0 aromatic heterocycles. The number of fused-ring (bicyclic) bond motifs is 1. The molecule has 1 aliphatic heterocycles. The van der Waals surface area contributed by atoms with Crippen LogP contribution in [0.4, 0.5) is 0 Å². The van der Waals surface area contributed by atoms with Gasteiger partial charge in [0.25, 0.3) is 0 Å². The van der Waals surface area contributed by atoms with E-state index in [0.717, 1.165) is 5.56 Å². The highest BCUT2D eigenvalue weighted by Gasteiger charge is 2.39. The number of carbonyl (C=O) groups is 1. The summed E-state index contributed by atoms with van der Waals surface area (Å²) in [6, 6.07) is 15.3. The van der Waals surface area contributed by atoms with Gasteiger partial charge in [-0.15, -0.1) is 0 Å². The van der Waals surface area contributed by atoms with Crippen LogP contribution in [0.15, 0.2) is 48.5 Å². The van der Waals surface area contributed by atoms with Gasteiger partial charge in [-0.25, -0.2) is 0 Å². The molecule has 0 radical (unpaired) electrons. The molecule has 3 nitrogen and oxygen atoms in total. The maximum Gasteiger partial charge on any atom is 0.177 e. The minimum Gasteiger partial charge on any atom is -0.497 e. The smallest absolute Gasteiger partial charge is 0.177 e. The van der Waals surface area contributed by atoms with E-state index in [0.29, 0.717) is 17.1 Å². The van der Waals surface area contributed by atoms with Crippen molar-refractivity contribution < 1.29 is 14.3 Å². The van der Waals surface area contributed by atoms with E-state index in [-0.39, 0.29) is 23.7 Å². The largest absolute Gasteiger partial charge is 0.497 e. The Balaban J connectivity index is 2.08. The summed E-state index contributed by atoms with van der Waals surface area (Å²) in [4.78, 5) is 13.0. The Morgan fingerprint density at radius 3 is 2.45 bits per heavy atom. The lowest BCUT2D eigenvalue weighted by molar-refractivity contribution is 0.0678. The van der Waals surface area contributed by atoms with Crippen LogP contribution in [0.1, 0.15) is 35.7 Å². The van der Waals surface area contributed by atoms with Crippen molar-refractivity contribution in [2.75, 3.05) is 7.11 Å². The molecule has 2 aromatic rings. The third kappa shape index (κ3) is 2.47. The lowest BCUT2D eigenvalue weighted by Gasteiger charge is -2.35. The molecule has 0 amide bonds. The van der Waals surface area contributed by atoms with Crippen molar-refractivity contribution in [2.24, 2.45) is 5.92 Å². The Morgan fingerprint density at radius 1 is 1.09 bits per heavy atom. The monoisotopic (exact) mass is 296 g/mol. The molecule has 3 heteroatoms. The standard InChI is InChI=1S/C19H20O3/c1-12(2)19-17(13-7-5-4-6-8-13)18(20)15-10-9-14(21-3)11-16(15)22-19/h4-12,17,19H,1-3H3. The molecule has 0 saturated carbocycles. The number of Topliss-reactive ketones (excluding diaryl/α,β-unsaturated/α-hetero) is 1. The van der Waals surface area contributed by atoms with Gasteiger partial charge in [0.1, 0.15) is 17.6 Å². The second-order valence-electron chi connectivity index (χ2n) is 5.94. The van der Waals surface area contributed by atoms with Crippen LogP contribution in [0.25, 0.3) is 0 Å². The van der Waals surface area contributed by atoms with Crippen LogP contribution in [-0.4, -0.2) is 19.0 Å². The predicted molar refractivity (Wildman–Crippen MR) is 85.8 cm³/mol. The fraction of sp³-hybridized carbons (Fsp3) is 0.316. The van der Waals surface area contributed by atoms with E-state index in [9.17, 15) is 4.79 Å². The molecule has 2 unspecified atom stereocenters. The summed E-state index contributed by atoms with van der Waals surface area (Å²) in [6.45, 7) is 4.16. The third-order valence-corrected chi connectivity index (χ3v) is 4.14. The van der Waals surface area contributed by atoms with Crippen LogP contribution < -0.4 is 9.47 Å². The lowest BCUT2D eigenvalue weighted by atomic mass is 9.79. The molecule has 2 aromatic carbocycles. The molecule has 0 N–H and O–H groups in total. The molecule has 114 valence electrons. The normalized spacial score (nSPS) is 20.5. The van der Waals surface area contributed by atoms with Gasteiger partial charge in [-0.3, -0.25) is 4.79 Å². The van der Waals surface area contributed by atoms with Crippen LogP contribution in [-0.2, 0) is 0 Å². The van der Waals surface area contributed by atoms with E-state index in [1.807, 2.05) is 30.3 Å². The summed E-state index contributed by atoms with van der Waals surface area (Å²) in [7, 11) is 1.61. The van der Waals surface area contributed by atoms with E-state index >= 15 is 0 Å². The Labute approximate surface area is 130 Å². The number of ketones is 1. The maximum absolute atomic E-state index is 13.0. The number of benzene rings is 2. The van der Waals surface area contributed by atoms with Gasteiger partial charge in [-0.05, 0) is 23.6 Å². The SMILES string of the molecule is COc1ccc2c(c1)OC(C(C)C)C(c1ccccc1)C2=O. The maximum atomic E-state index is 13.0. The van der Waals surface area contributed by atoms with Crippen LogP contribution in [0, 0.1) is 5.92 Å². The molecule has 2 atom stereocenters. The minimum absolute atomic E-state index is 0.119. The van der Waals surface area contributed by atoms with Crippen molar-refractivity contribution in [1.29, 1.82) is 0 Å². The first kappa shape index (κ1) is 14.6. The molecular formula is C19H20O3. The molecular weight excluding hydrogens is 276 g/mol. The lowest BCUT2D eigenvalue weighted by Crippen LogP contribution is -2.39. The highest BCUT2D eigenvalue weighted by Crippen LogP contribution is 2.40. The first-order chi connectivity index (χ1) is 10.6. The second-order valence-corrected chi connectivity index (χ2v) is 5.94. The fourth-order valence-electron chi connectivity index (χ4n) is 2.98. The van der Waals surface area contributed by atoms with Crippen LogP contribution in [0.5, 0.6) is 11.5 Å². The van der Waals surface area contributed by atoms with Gasteiger partial charge < -0.3 is 9.47 Å². The van der Waals surface area contributed by atoms with E-state index in [1.165, 1.54) is 0 Å². The summed E-state index contributed by atoms with van der Waals surface area (Å²) in [5, 5.41) is 0. The van der Waals surface area contributed by atoms with Gasteiger partial charge in [-0.1, -0.05) is 44.2 Å². The zero-order chi connectivity index (χ0) is 15.7. The van der Waals surface area contributed by atoms with Gasteiger partial charge in [-0.2, -0.15) is 0 Å². The van der Waals surface area contributed by atoms with Crippen molar-refractivity contribution in [2.45, 2.75) is 25.9 Å². The van der Waals surface area contributed by atoms with Crippen molar-refractivity contribution in [3.63, 3.8) is 0 Å². The average molecular weight is 296 g/mol. The van der Waals surface area contributed by atoms with E-state index in [2.05, 4.69) is 13.8 Å². The van der Waals surface area contributed by atoms with Crippen molar-refractivity contribution in [3.05, 3.63) is 59.7 Å². The summed E-state index contributed by atoms with van der Waals surface area (Å²) in [5.74, 6) is 1.41. The molecule has 22 heavy (non-hydrogen) atoms. The molecule has 0 aliphatic carbocycles. The van der Waals surface area contributed by atoms with Crippen LogP contribution >= 0.6 is 0 Å². The fourth-order valence-corrected chi connectivity index (χ4v) is 2.98. The minimum atomic E-state index is -0.262. The molecule has 3 rings (SSSR count). The van der Waals surface area contributed by atoms with Crippen molar-refractivity contribution >= 4 is 5.78 Å². The van der Waals surface area contributed by atoms with Gasteiger partial charge >= 0.3 is 0 Å². The zero-order valence-electron chi connectivity index (χ0n) is 13.1. The second kappa shape index (κ2) is 5.84. The number of hydrogen-bond acceptors (Lipinski definition) is 3. The quantitative estimate of drug-likeness (QED) is 0.856. The average Bonchev–Trinajstić information content (AvgIpc) is 2.54. The van der Waals surface area contributed by atoms with E-state index in [1.54, 1.807) is 25.3 Å². The van der Waals surface area contributed by atoms with Gasteiger partial charge in [0.15, 0.2) is 5.78 Å². The Kier molecular flexibility index (Phi) is 3.88. The molecule has 0 spiro atoms. The summed E-state index contributed by atoms with van der Waals surface area (Å²) in [6.07, 6.45) is -0.172. The summed E-state index contributed by atoms with van der Waals surface area (Å²) >= 11 is 0. The molecule has 0 fully saturated rings. The number of rotatable bonds is 3. The number of carbonyl (C=O) groups excluding carboxylic acids is 1. The Bertz CT molecular complexity index is 676. The number of ether oxygens (including phenoxy) is 2. The topological polar surface area (TPSA) is 35.5 Å². The zero-order valence-corrected chi connectivity index (χ0v) is 13.1. The summed E-state index contributed by atoms with van der Waals surface area (Å²) in [5.41, 5.74) is 1.64. The molecule has 1 aliphatic rings. The first-order valence-corrected chi connectivity index (χ1v) is 7.55. The highest BCUT2D eigenvalue weighted by molar-refractivity contribution is 6.04. The van der Waals surface area contributed by atoms with Gasteiger partial charge in [0.05, 0.1) is 18.6 Å². The van der Waals surface area contributed by atoms with Crippen LogP contribution in [0.3, 0.4) is 0 Å². The Morgan fingerprint density at radius 2 is 1.82 bits per heavy atom. The molecule has 0 saturated heterocycles. The number of hydrogen-bond donors (Lipinski definition) is 0. The Hall–Kier alpha value is -2.29. The van der Waals surface area contributed by atoms with Crippen molar-refractivity contribution in [3.8, 4) is 11.5 Å². The van der Waals surface area contributed by atoms with E-state index in [4.69, 9.17) is 9.47 Å². The van der Waals surface area contributed by atoms with Crippen molar-refractivity contribution in [1.82, 2.24) is 0 Å². The van der Waals surface area contributed by atoms with Crippen LogP contribution in [0.2, 0.25) is 0 Å². The highest BCUT2D eigenvalue weighted by atomic mass is 16.5. The van der Waals surface area contributed by atoms with Gasteiger partial charge in [0, 0.05) is 6.07 Å². The first-order valence-electron chi connectivity index (χ1n) is 7.55. The predicted octanol–water partition coefficient (Wildman–Crippen LogP) is 4.08. The van der Waals surface area contributed by atoms with Gasteiger partial charge in [0.2, 0.25) is 0 Å².